The molecule has 0 aromatic heterocycles. The monoisotopic (exact) mass is 252 g/mol. The van der Waals surface area contributed by atoms with Crippen LogP contribution >= 0.6 is 0 Å². The number of hydrogen-bond acceptors (Lipinski definition) is 3. The number of rotatable bonds is 1. The van der Waals surface area contributed by atoms with E-state index in [9.17, 15) is 10.4 Å². The lowest BCUT2D eigenvalue weighted by Crippen LogP contribution is -2.46. The fourth-order valence-corrected chi connectivity index (χ4v) is 5.03. The summed E-state index contributed by atoms with van der Waals surface area (Å²) in [6.45, 7) is 10.6. The molecule has 2 N–H and O–H groups in total. The van der Waals surface area contributed by atoms with Gasteiger partial charge in [0.25, 0.3) is 0 Å². The van der Waals surface area contributed by atoms with Crippen molar-refractivity contribution in [2.75, 3.05) is 0 Å². The van der Waals surface area contributed by atoms with Gasteiger partial charge in [-0.05, 0) is 55.4 Å². The molecule has 0 spiro atoms. The molecule has 102 valence electrons. The topological polar surface area (TPSA) is 49.7 Å². The van der Waals surface area contributed by atoms with Gasteiger partial charge in [-0.15, -0.1) is 0 Å². The SMILES string of the molecule is C=C1CC[C@@H]2[C@H]([C@@H]3[C@@](C)(O)CC[C@@]13OO)C2(C)C. The lowest BCUT2D eigenvalue weighted by Gasteiger charge is -2.38. The van der Waals surface area contributed by atoms with Gasteiger partial charge in [-0.3, -0.25) is 5.26 Å². The predicted octanol–water partition coefficient (Wildman–Crippen LogP) is 3.00. The fourth-order valence-electron chi connectivity index (χ4n) is 5.03. The molecule has 3 aliphatic rings. The molecule has 3 fully saturated rings. The zero-order valence-electron chi connectivity index (χ0n) is 11.6. The van der Waals surface area contributed by atoms with Gasteiger partial charge < -0.3 is 5.11 Å². The van der Waals surface area contributed by atoms with Crippen molar-refractivity contribution in [2.45, 2.75) is 57.7 Å². The van der Waals surface area contributed by atoms with Gasteiger partial charge in [0.1, 0.15) is 5.60 Å². The second kappa shape index (κ2) is 3.38. The summed E-state index contributed by atoms with van der Waals surface area (Å²) < 4.78 is 0. The molecule has 0 aromatic carbocycles. The molecular weight excluding hydrogens is 228 g/mol. The summed E-state index contributed by atoms with van der Waals surface area (Å²) in [6.07, 6.45) is 3.36. The van der Waals surface area contributed by atoms with E-state index < -0.39 is 11.2 Å². The van der Waals surface area contributed by atoms with E-state index in [2.05, 4.69) is 20.4 Å². The third-order valence-corrected chi connectivity index (χ3v) is 6.19. The van der Waals surface area contributed by atoms with Crippen LogP contribution < -0.4 is 0 Å². The highest BCUT2D eigenvalue weighted by Crippen LogP contribution is 2.72. The Labute approximate surface area is 109 Å². The first-order valence-corrected chi connectivity index (χ1v) is 7.00. The zero-order valence-corrected chi connectivity index (χ0v) is 11.6. The molecule has 3 rings (SSSR count). The molecule has 3 nitrogen and oxygen atoms in total. The van der Waals surface area contributed by atoms with Crippen LogP contribution in [0.3, 0.4) is 0 Å². The third-order valence-electron chi connectivity index (χ3n) is 6.19. The molecule has 0 unspecified atom stereocenters. The summed E-state index contributed by atoms with van der Waals surface area (Å²) in [7, 11) is 0. The van der Waals surface area contributed by atoms with Gasteiger partial charge in [-0.2, -0.15) is 0 Å². The van der Waals surface area contributed by atoms with Gasteiger partial charge in [0.05, 0.1) is 5.60 Å². The Morgan fingerprint density at radius 1 is 1.28 bits per heavy atom. The molecule has 0 aromatic rings. The lowest BCUT2D eigenvalue weighted by atomic mass is 9.74. The molecule has 0 aliphatic heterocycles. The molecular formula is C15H24O3. The number of fused-ring (bicyclic) bond motifs is 3. The normalized spacial score (nSPS) is 53.6. The lowest BCUT2D eigenvalue weighted by molar-refractivity contribution is -0.327. The Kier molecular flexibility index (Phi) is 2.38. The molecule has 18 heavy (non-hydrogen) atoms. The Morgan fingerprint density at radius 3 is 2.56 bits per heavy atom. The van der Waals surface area contributed by atoms with Crippen LogP contribution in [0.25, 0.3) is 0 Å². The van der Waals surface area contributed by atoms with Crippen LogP contribution in [0, 0.1) is 23.2 Å². The van der Waals surface area contributed by atoms with Crippen LogP contribution in [0.5, 0.6) is 0 Å². The van der Waals surface area contributed by atoms with E-state index >= 15 is 0 Å². The van der Waals surface area contributed by atoms with Crippen molar-refractivity contribution in [2.24, 2.45) is 23.2 Å². The Balaban J connectivity index is 2.08. The maximum absolute atomic E-state index is 10.7. The number of hydrogen-bond donors (Lipinski definition) is 2. The highest BCUT2D eigenvalue weighted by molar-refractivity contribution is 5.30. The summed E-state index contributed by atoms with van der Waals surface area (Å²) >= 11 is 0. The van der Waals surface area contributed by atoms with Crippen molar-refractivity contribution >= 4 is 0 Å². The van der Waals surface area contributed by atoms with Gasteiger partial charge in [-0.1, -0.05) is 20.4 Å². The van der Waals surface area contributed by atoms with Crippen LogP contribution in [0.4, 0.5) is 0 Å². The van der Waals surface area contributed by atoms with E-state index in [1.165, 1.54) is 0 Å². The molecule has 0 bridgehead atoms. The average molecular weight is 252 g/mol. The first-order valence-electron chi connectivity index (χ1n) is 7.00. The molecule has 0 saturated heterocycles. The smallest absolute Gasteiger partial charge is 0.130 e. The van der Waals surface area contributed by atoms with E-state index in [0.29, 0.717) is 24.7 Å². The van der Waals surface area contributed by atoms with E-state index in [0.717, 1.165) is 18.4 Å². The standard InChI is InChI=1S/C15H24O3/c1-9-5-6-10-11(13(10,2)3)12-14(4,16)7-8-15(9,12)18-17/h10-12,16-17H,1,5-8H2,2-4H3/t10-,11-,12-,14+,15-/m1/s1. The largest absolute Gasteiger partial charge is 0.390 e. The summed E-state index contributed by atoms with van der Waals surface area (Å²) in [5, 5.41) is 20.2. The van der Waals surface area contributed by atoms with Crippen LogP contribution in [0.15, 0.2) is 12.2 Å². The third kappa shape index (κ3) is 1.30. The van der Waals surface area contributed by atoms with Crippen molar-refractivity contribution in [1.82, 2.24) is 0 Å². The molecule has 0 heterocycles. The van der Waals surface area contributed by atoms with E-state index in [4.69, 9.17) is 4.89 Å². The Morgan fingerprint density at radius 2 is 1.94 bits per heavy atom. The molecule has 3 heteroatoms. The minimum atomic E-state index is -0.757. The van der Waals surface area contributed by atoms with Crippen LogP contribution in [0.2, 0.25) is 0 Å². The minimum Gasteiger partial charge on any atom is -0.390 e. The highest BCUT2D eigenvalue weighted by atomic mass is 17.1. The van der Waals surface area contributed by atoms with Crippen LogP contribution in [-0.4, -0.2) is 21.6 Å². The number of aliphatic hydroxyl groups is 1. The summed E-state index contributed by atoms with van der Waals surface area (Å²) in [6, 6.07) is 0. The van der Waals surface area contributed by atoms with Crippen molar-refractivity contribution in [3.63, 3.8) is 0 Å². The fraction of sp³-hybridized carbons (Fsp3) is 0.867. The Hall–Kier alpha value is -0.380. The second-order valence-corrected chi connectivity index (χ2v) is 7.41. The van der Waals surface area contributed by atoms with E-state index in [1.807, 2.05) is 6.92 Å². The first kappa shape index (κ1) is 12.6. The van der Waals surface area contributed by atoms with Crippen molar-refractivity contribution in [1.29, 1.82) is 0 Å². The van der Waals surface area contributed by atoms with Crippen molar-refractivity contribution in [3.8, 4) is 0 Å². The zero-order chi connectivity index (χ0) is 13.3. The van der Waals surface area contributed by atoms with Crippen molar-refractivity contribution in [3.05, 3.63) is 12.2 Å². The van der Waals surface area contributed by atoms with E-state index in [1.54, 1.807) is 0 Å². The van der Waals surface area contributed by atoms with E-state index in [-0.39, 0.29) is 11.3 Å². The minimum absolute atomic E-state index is 0.0231. The van der Waals surface area contributed by atoms with Gasteiger partial charge in [0.2, 0.25) is 0 Å². The Bertz CT molecular complexity index is 399. The maximum Gasteiger partial charge on any atom is 0.130 e. The molecule has 0 amide bonds. The summed E-state index contributed by atoms with van der Waals surface area (Å²) in [5.74, 6) is 1.03. The van der Waals surface area contributed by atoms with Gasteiger partial charge in [-0.25, -0.2) is 4.89 Å². The van der Waals surface area contributed by atoms with Gasteiger partial charge in [0, 0.05) is 5.92 Å². The molecule has 3 saturated carbocycles. The molecule has 3 aliphatic carbocycles. The average Bonchev–Trinajstić information content (AvgIpc) is 2.74. The van der Waals surface area contributed by atoms with Crippen molar-refractivity contribution < 1.29 is 15.3 Å². The van der Waals surface area contributed by atoms with Crippen LogP contribution in [-0.2, 0) is 4.89 Å². The molecule has 0 radical (unpaired) electrons. The molecule has 5 atom stereocenters. The van der Waals surface area contributed by atoms with Crippen LogP contribution in [0.1, 0.15) is 46.5 Å². The summed E-state index contributed by atoms with van der Waals surface area (Å²) in [5.41, 5.74) is -0.247. The second-order valence-electron chi connectivity index (χ2n) is 7.41. The maximum atomic E-state index is 10.7. The van der Waals surface area contributed by atoms with Gasteiger partial charge in [0.15, 0.2) is 0 Å². The quantitative estimate of drug-likeness (QED) is 0.428. The first-order chi connectivity index (χ1) is 8.27. The van der Waals surface area contributed by atoms with Gasteiger partial charge >= 0.3 is 0 Å². The predicted molar refractivity (Wildman–Crippen MR) is 68.9 cm³/mol. The highest BCUT2D eigenvalue weighted by Gasteiger charge is 2.72. The summed E-state index contributed by atoms with van der Waals surface area (Å²) in [4.78, 5) is 4.96.